The predicted octanol–water partition coefficient (Wildman–Crippen LogP) is 2.98. The maximum Gasteiger partial charge on any atom is 0.337 e. The lowest BCUT2D eigenvalue weighted by molar-refractivity contribution is 0.0697. The third kappa shape index (κ3) is 2.83. The zero-order valence-corrected chi connectivity index (χ0v) is 11.6. The van der Waals surface area contributed by atoms with Crippen LogP contribution in [0.1, 0.15) is 43.0 Å². The first-order valence-corrected chi connectivity index (χ1v) is 6.85. The molecular formula is C15H22N2O2. The molecule has 0 aliphatic heterocycles. The van der Waals surface area contributed by atoms with Crippen molar-refractivity contribution in [2.24, 2.45) is 5.92 Å². The summed E-state index contributed by atoms with van der Waals surface area (Å²) in [5, 5.41) is 9.30. The maximum atomic E-state index is 11.3. The molecule has 0 aromatic heterocycles. The third-order valence-corrected chi connectivity index (χ3v) is 4.18. The Hall–Kier alpha value is -1.71. The zero-order valence-electron chi connectivity index (χ0n) is 11.6. The molecule has 0 heterocycles. The minimum Gasteiger partial charge on any atom is -0.478 e. The van der Waals surface area contributed by atoms with E-state index in [0.717, 1.165) is 18.8 Å². The smallest absolute Gasteiger partial charge is 0.337 e. The van der Waals surface area contributed by atoms with Crippen LogP contribution in [0.5, 0.6) is 0 Å². The van der Waals surface area contributed by atoms with Gasteiger partial charge in [-0.15, -0.1) is 0 Å². The molecule has 4 heteroatoms. The monoisotopic (exact) mass is 262 g/mol. The molecule has 0 saturated heterocycles. The predicted molar refractivity (Wildman–Crippen MR) is 77.6 cm³/mol. The number of hydrogen-bond acceptors (Lipinski definition) is 3. The van der Waals surface area contributed by atoms with Crippen molar-refractivity contribution in [1.82, 2.24) is 0 Å². The van der Waals surface area contributed by atoms with Crippen molar-refractivity contribution in [1.29, 1.82) is 0 Å². The van der Waals surface area contributed by atoms with Gasteiger partial charge in [-0.1, -0.05) is 13.0 Å². The molecule has 4 nitrogen and oxygen atoms in total. The van der Waals surface area contributed by atoms with Crippen LogP contribution < -0.4 is 10.6 Å². The fourth-order valence-corrected chi connectivity index (χ4v) is 2.94. The molecule has 0 bridgehead atoms. The van der Waals surface area contributed by atoms with Crippen LogP contribution in [0.3, 0.4) is 0 Å². The number of nitrogen functional groups attached to an aromatic ring is 1. The Morgan fingerprint density at radius 2 is 1.95 bits per heavy atom. The van der Waals surface area contributed by atoms with E-state index in [-0.39, 0.29) is 0 Å². The molecule has 0 unspecified atom stereocenters. The second-order valence-corrected chi connectivity index (χ2v) is 5.57. The normalized spacial score (nSPS) is 23.1. The molecule has 104 valence electrons. The van der Waals surface area contributed by atoms with Crippen molar-refractivity contribution in [2.75, 3.05) is 17.7 Å². The second kappa shape index (κ2) is 5.51. The summed E-state index contributed by atoms with van der Waals surface area (Å²) in [6.45, 7) is 2.27. The van der Waals surface area contributed by atoms with Gasteiger partial charge in [-0.3, -0.25) is 0 Å². The summed E-state index contributed by atoms with van der Waals surface area (Å²) < 4.78 is 0. The van der Waals surface area contributed by atoms with E-state index in [4.69, 9.17) is 5.73 Å². The van der Waals surface area contributed by atoms with Gasteiger partial charge in [0.2, 0.25) is 0 Å². The van der Waals surface area contributed by atoms with Gasteiger partial charge in [-0.25, -0.2) is 4.79 Å². The number of hydrogen-bond donors (Lipinski definition) is 2. The van der Waals surface area contributed by atoms with Crippen LogP contribution >= 0.6 is 0 Å². The van der Waals surface area contributed by atoms with Crippen molar-refractivity contribution < 1.29 is 9.90 Å². The van der Waals surface area contributed by atoms with Crippen molar-refractivity contribution in [3.63, 3.8) is 0 Å². The van der Waals surface area contributed by atoms with Gasteiger partial charge in [0.05, 0.1) is 16.9 Å². The molecule has 0 spiro atoms. The Kier molecular flexibility index (Phi) is 3.98. The first-order chi connectivity index (χ1) is 9.00. The number of para-hydroxylation sites is 1. The van der Waals surface area contributed by atoms with Crippen molar-refractivity contribution in [3.8, 4) is 0 Å². The Morgan fingerprint density at radius 1 is 1.32 bits per heavy atom. The Bertz CT molecular complexity index is 465. The van der Waals surface area contributed by atoms with Gasteiger partial charge in [0.15, 0.2) is 0 Å². The molecule has 0 radical (unpaired) electrons. The number of carboxylic acids is 1. The van der Waals surface area contributed by atoms with Crippen LogP contribution in [0, 0.1) is 5.92 Å². The average Bonchev–Trinajstić information content (AvgIpc) is 2.38. The van der Waals surface area contributed by atoms with E-state index in [9.17, 15) is 9.90 Å². The Balaban J connectivity index is 2.28. The largest absolute Gasteiger partial charge is 0.478 e. The third-order valence-electron chi connectivity index (χ3n) is 4.18. The van der Waals surface area contributed by atoms with Gasteiger partial charge in [0.1, 0.15) is 0 Å². The molecule has 1 aliphatic carbocycles. The van der Waals surface area contributed by atoms with Crippen LogP contribution in [0.15, 0.2) is 18.2 Å². The van der Waals surface area contributed by atoms with Gasteiger partial charge < -0.3 is 15.7 Å². The standard InChI is InChI=1S/C15H22N2O2/c1-10-6-8-11(9-7-10)17(2)14-12(15(18)19)4-3-5-13(14)16/h3-5,10-11H,6-9,16H2,1-2H3,(H,18,19). The quantitative estimate of drug-likeness (QED) is 0.822. The highest BCUT2D eigenvalue weighted by atomic mass is 16.4. The van der Waals surface area contributed by atoms with Crippen LogP contribution in [-0.2, 0) is 0 Å². The van der Waals surface area contributed by atoms with Crippen LogP contribution in [0.4, 0.5) is 11.4 Å². The van der Waals surface area contributed by atoms with Gasteiger partial charge in [-0.05, 0) is 43.7 Å². The lowest BCUT2D eigenvalue weighted by Crippen LogP contribution is -2.36. The number of nitrogens with two attached hydrogens (primary N) is 1. The van der Waals surface area contributed by atoms with E-state index < -0.39 is 5.97 Å². The highest BCUT2D eigenvalue weighted by Gasteiger charge is 2.25. The fraction of sp³-hybridized carbons (Fsp3) is 0.533. The zero-order chi connectivity index (χ0) is 14.0. The summed E-state index contributed by atoms with van der Waals surface area (Å²) in [6, 6.07) is 5.47. The van der Waals surface area contributed by atoms with Gasteiger partial charge in [0, 0.05) is 13.1 Å². The van der Waals surface area contributed by atoms with E-state index in [0.29, 0.717) is 23.0 Å². The summed E-state index contributed by atoms with van der Waals surface area (Å²) in [5.41, 5.74) is 7.49. The van der Waals surface area contributed by atoms with Gasteiger partial charge >= 0.3 is 5.97 Å². The molecular weight excluding hydrogens is 240 g/mol. The summed E-state index contributed by atoms with van der Waals surface area (Å²) in [6.07, 6.45) is 4.60. The number of aromatic carboxylic acids is 1. The molecule has 1 aromatic carbocycles. The van der Waals surface area contributed by atoms with Crippen molar-refractivity contribution in [3.05, 3.63) is 23.8 Å². The van der Waals surface area contributed by atoms with Gasteiger partial charge in [0.25, 0.3) is 0 Å². The van der Waals surface area contributed by atoms with Crippen molar-refractivity contribution in [2.45, 2.75) is 38.6 Å². The molecule has 1 fully saturated rings. The minimum atomic E-state index is -0.918. The highest BCUT2D eigenvalue weighted by Crippen LogP contribution is 2.34. The molecule has 3 N–H and O–H groups in total. The fourth-order valence-electron chi connectivity index (χ4n) is 2.94. The lowest BCUT2D eigenvalue weighted by Gasteiger charge is -2.36. The molecule has 0 atom stereocenters. The molecule has 0 amide bonds. The average molecular weight is 262 g/mol. The molecule has 2 rings (SSSR count). The number of rotatable bonds is 3. The Morgan fingerprint density at radius 3 is 2.53 bits per heavy atom. The number of carbonyl (C=O) groups is 1. The summed E-state index contributed by atoms with van der Waals surface area (Å²) in [4.78, 5) is 13.4. The van der Waals surface area contributed by atoms with Crippen LogP contribution in [-0.4, -0.2) is 24.2 Å². The molecule has 1 aliphatic rings. The minimum absolute atomic E-state index is 0.293. The van der Waals surface area contributed by atoms with Crippen molar-refractivity contribution >= 4 is 17.3 Å². The summed E-state index contributed by atoms with van der Waals surface area (Å²) in [7, 11) is 1.96. The second-order valence-electron chi connectivity index (χ2n) is 5.57. The van der Waals surface area contributed by atoms with E-state index in [2.05, 4.69) is 11.8 Å². The molecule has 19 heavy (non-hydrogen) atoms. The van der Waals surface area contributed by atoms with E-state index in [1.165, 1.54) is 12.8 Å². The Labute approximate surface area is 114 Å². The number of nitrogens with zero attached hydrogens (tertiary/aromatic N) is 1. The van der Waals surface area contributed by atoms with Crippen LogP contribution in [0.25, 0.3) is 0 Å². The van der Waals surface area contributed by atoms with E-state index in [1.807, 2.05) is 7.05 Å². The lowest BCUT2D eigenvalue weighted by atomic mass is 9.86. The van der Waals surface area contributed by atoms with E-state index >= 15 is 0 Å². The number of benzene rings is 1. The summed E-state index contributed by atoms with van der Waals surface area (Å²) >= 11 is 0. The molecule has 1 saturated carbocycles. The van der Waals surface area contributed by atoms with Gasteiger partial charge in [-0.2, -0.15) is 0 Å². The number of carboxylic acid groups (broad SMARTS) is 1. The molecule has 1 aromatic rings. The maximum absolute atomic E-state index is 11.3. The highest BCUT2D eigenvalue weighted by molar-refractivity contribution is 5.98. The first-order valence-electron chi connectivity index (χ1n) is 6.85. The van der Waals surface area contributed by atoms with E-state index in [1.54, 1.807) is 18.2 Å². The SMILES string of the molecule is CC1CCC(N(C)c2c(N)cccc2C(=O)O)CC1. The summed E-state index contributed by atoms with van der Waals surface area (Å²) in [5.74, 6) is -0.143. The first kappa shape index (κ1) is 13.7. The number of anilines is 2. The van der Waals surface area contributed by atoms with Crippen LogP contribution in [0.2, 0.25) is 0 Å². The topological polar surface area (TPSA) is 66.6 Å².